The minimum Gasteiger partial charge on any atom is -0.476 e. The monoisotopic (exact) mass is 361 g/mol. The van der Waals surface area contributed by atoms with Crippen molar-refractivity contribution in [2.45, 2.75) is 19.3 Å². The van der Waals surface area contributed by atoms with Gasteiger partial charge in [-0.15, -0.1) is 11.3 Å². The maximum atomic E-state index is 11.8. The fourth-order valence-corrected chi connectivity index (χ4v) is 2.84. The number of amides is 2. The Labute approximate surface area is 149 Å². The summed E-state index contributed by atoms with van der Waals surface area (Å²) in [5.74, 6) is -1.31. The van der Waals surface area contributed by atoms with Crippen molar-refractivity contribution in [1.29, 1.82) is 0 Å². The molecule has 7 nitrogen and oxygen atoms in total. The lowest BCUT2D eigenvalue weighted by atomic mass is 10.2. The lowest BCUT2D eigenvalue weighted by molar-refractivity contribution is -0.121. The van der Waals surface area contributed by atoms with Gasteiger partial charge in [-0.05, 0) is 18.6 Å². The maximum Gasteiger partial charge on any atom is 0.355 e. The molecule has 1 aromatic carbocycles. The topological polar surface area (TPSA) is 108 Å². The Morgan fingerprint density at radius 3 is 2.52 bits per heavy atom. The van der Waals surface area contributed by atoms with Gasteiger partial charge < -0.3 is 15.7 Å². The predicted molar refractivity (Wildman–Crippen MR) is 93.8 cm³/mol. The van der Waals surface area contributed by atoms with E-state index >= 15 is 0 Å². The number of carboxylic acid groups (broad SMARTS) is 1. The van der Waals surface area contributed by atoms with Crippen molar-refractivity contribution in [3.8, 4) is 0 Å². The minimum absolute atomic E-state index is 0.0282. The standard InChI is InChI=1S/C17H19N3O4S/c21-14(18-10-8-15-20-13(11-25-15)17(23)24)7-4-9-19-16(22)12-5-2-1-3-6-12/h1-3,5-6,11H,4,7-10H2,(H,18,21)(H,19,22)(H,23,24). The predicted octanol–water partition coefficient (Wildman–Crippen LogP) is 1.71. The van der Waals surface area contributed by atoms with Gasteiger partial charge in [-0.3, -0.25) is 9.59 Å². The number of hydrogen-bond acceptors (Lipinski definition) is 5. The number of benzene rings is 1. The zero-order valence-electron chi connectivity index (χ0n) is 13.5. The lowest BCUT2D eigenvalue weighted by Crippen LogP contribution is -2.28. The molecule has 0 unspecified atom stereocenters. The van der Waals surface area contributed by atoms with Gasteiger partial charge in [0, 0.05) is 36.9 Å². The van der Waals surface area contributed by atoms with Crippen molar-refractivity contribution in [3.63, 3.8) is 0 Å². The third-order valence-corrected chi connectivity index (χ3v) is 4.24. The second-order valence-electron chi connectivity index (χ2n) is 5.26. The van der Waals surface area contributed by atoms with Crippen LogP contribution in [0, 0.1) is 0 Å². The van der Waals surface area contributed by atoms with Crippen LogP contribution >= 0.6 is 11.3 Å². The highest BCUT2D eigenvalue weighted by Gasteiger charge is 2.09. The first-order valence-electron chi connectivity index (χ1n) is 7.84. The Morgan fingerprint density at radius 2 is 1.84 bits per heavy atom. The SMILES string of the molecule is O=C(CCCNC(=O)c1ccccc1)NCCc1nc(C(=O)O)cs1. The normalized spacial score (nSPS) is 10.2. The molecule has 1 aromatic heterocycles. The third-order valence-electron chi connectivity index (χ3n) is 3.33. The lowest BCUT2D eigenvalue weighted by Gasteiger charge is -2.06. The number of nitrogens with zero attached hydrogens (tertiary/aromatic N) is 1. The molecule has 0 fully saturated rings. The third kappa shape index (κ3) is 6.34. The van der Waals surface area contributed by atoms with Crippen LogP contribution in [0.1, 0.15) is 38.7 Å². The Balaban J connectivity index is 1.58. The van der Waals surface area contributed by atoms with E-state index in [1.54, 1.807) is 24.3 Å². The van der Waals surface area contributed by atoms with E-state index in [4.69, 9.17) is 5.11 Å². The van der Waals surface area contributed by atoms with Crippen molar-refractivity contribution >= 4 is 29.1 Å². The quantitative estimate of drug-likeness (QED) is 0.589. The highest BCUT2D eigenvalue weighted by atomic mass is 32.1. The van der Waals surface area contributed by atoms with Crippen LogP contribution in [-0.4, -0.2) is 41.0 Å². The summed E-state index contributed by atoms with van der Waals surface area (Å²) in [6.45, 7) is 0.831. The number of carboxylic acids is 1. The Bertz CT molecular complexity index is 731. The highest BCUT2D eigenvalue weighted by molar-refractivity contribution is 7.09. The van der Waals surface area contributed by atoms with E-state index in [0.717, 1.165) is 0 Å². The van der Waals surface area contributed by atoms with Crippen LogP contribution in [0.25, 0.3) is 0 Å². The summed E-state index contributed by atoms with van der Waals surface area (Å²) >= 11 is 1.26. The summed E-state index contributed by atoms with van der Waals surface area (Å²) in [5.41, 5.74) is 0.622. The van der Waals surface area contributed by atoms with E-state index in [0.29, 0.717) is 42.9 Å². The molecule has 0 atom stereocenters. The summed E-state index contributed by atoms with van der Waals surface area (Å²) in [5, 5.41) is 16.5. The van der Waals surface area contributed by atoms with Gasteiger partial charge in [-0.2, -0.15) is 0 Å². The average molecular weight is 361 g/mol. The summed E-state index contributed by atoms with van der Waals surface area (Å²) in [6.07, 6.45) is 1.35. The molecular weight excluding hydrogens is 342 g/mol. The van der Waals surface area contributed by atoms with E-state index in [9.17, 15) is 14.4 Å². The van der Waals surface area contributed by atoms with Gasteiger partial charge in [-0.1, -0.05) is 18.2 Å². The number of aromatic carboxylic acids is 1. The van der Waals surface area contributed by atoms with Crippen LogP contribution in [0.5, 0.6) is 0 Å². The summed E-state index contributed by atoms with van der Waals surface area (Å²) < 4.78 is 0. The first kappa shape index (κ1) is 18.6. The molecule has 0 bridgehead atoms. The molecule has 0 saturated carbocycles. The number of hydrogen-bond donors (Lipinski definition) is 3. The molecule has 1 heterocycles. The smallest absolute Gasteiger partial charge is 0.355 e. The molecule has 3 N–H and O–H groups in total. The number of carbonyl (C=O) groups excluding carboxylic acids is 2. The molecule has 132 valence electrons. The number of carbonyl (C=O) groups is 3. The van der Waals surface area contributed by atoms with E-state index in [1.165, 1.54) is 16.7 Å². The molecule has 2 amide bonds. The van der Waals surface area contributed by atoms with Crippen LogP contribution in [-0.2, 0) is 11.2 Å². The van der Waals surface area contributed by atoms with Gasteiger partial charge in [-0.25, -0.2) is 9.78 Å². The van der Waals surface area contributed by atoms with Crippen molar-refractivity contribution in [2.75, 3.05) is 13.1 Å². The van der Waals surface area contributed by atoms with Gasteiger partial charge in [0.15, 0.2) is 5.69 Å². The molecule has 2 rings (SSSR count). The molecule has 0 aliphatic heterocycles. The summed E-state index contributed by atoms with van der Waals surface area (Å²) in [4.78, 5) is 38.2. The van der Waals surface area contributed by atoms with Gasteiger partial charge >= 0.3 is 5.97 Å². The van der Waals surface area contributed by atoms with E-state index in [1.807, 2.05) is 6.07 Å². The molecular formula is C17H19N3O4S. The van der Waals surface area contributed by atoms with Gasteiger partial charge in [0.2, 0.25) is 5.91 Å². The van der Waals surface area contributed by atoms with Crippen LogP contribution in [0.4, 0.5) is 0 Å². The number of thiazole rings is 1. The minimum atomic E-state index is -1.05. The van der Waals surface area contributed by atoms with Crippen molar-refractivity contribution in [3.05, 3.63) is 52.0 Å². The first-order valence-corrected chi connectivity index (χ1v) is 8.72. The van der Waals surface area contributed by atoms with Gasteiger partial charge in [0.25, 0.3) is 5.91 Å². The molecule has 8 heteroatoms. The van der Waals surface area contributed by atoms with Crippen LogP contribution in [0.3, 0.4) is 0 Å². The van der Waals surface area contributed by atoms with Gasteiger partial charge in [0.05, 0.1) is 5.01 Å². The molecule has 2 aromatic rings. The average Bonchev–Trinajstić information content (AvgIpc) is 3.08. The van der Waals surface area contributed by atoms with Crippen molar-refractivity contribution in [1.82, 2.24) is 15.6 Å². The van der Waals surface area contributed by atoms with Gasteiger partial charge in [0.1, 0.15) is 0 Å². The molecule has 0 radical (unpaired) electrons. The van der Waals surface area contributed by atoms with E-state index < -0.39 is 5.97 Å². The fourth-order valence-electron chi connectivity index (χ4n) is 2.06. The number of aromatic nitrogens is 1. The van der Waals surface area contributed by atoms with E-state index in [-0.39, 0.29) is 17.5 Å². The number of rotatable bonds is 9. The van der Waals surface area contributed by atoms with E-state index in [2.05, 4.69) is 15.6 Å². The molecule has 0 aliphatic carbocycles. The summed E-state index contributed by atoms with van der Waals surface area (Å²) in [6, 6.07) is 8.90. The number of nitrogens with one attached hydrogen (secondary N) is 2. The van der Waals surface area contributed by atoms with Crippen LogP contribution < -0.4 is 10.6 Å². The fraction of sp³-hybridized carbons (Fsp3) is 0.294. The molecule has 0 saturated heterocycles. The Hall–Kier alpha value is -2.74. The Kier molecular flexibility index (Phi) is 7.09. The zero-order valence-corrected chi connectivity index (χ0v) is 14.3. The molecule has 25 heavy (non-hydrogen) atoms. The second-order valence-corrected chi connectivity index (χ2v) is 6.20. The summed E-state index contributed by atoms with van der Waals surface area (Å²) in [7, 11) is 0. The van der Waals surface area contributed by atoms with Crippen molar-refractivity contribution in [2.24, 2.45) is 0 Å². The zero-order chi connectivity index (χ0) is 18.1. The molecule has 0 spiro atoms. The molecule has 0 aliphatic rings. The van der Waals surface area contributed by atoms with Crippen LogP contribution in [0.2, 0.25) is 0 Å². The largest absolute Gasteiger partial charge is 0.476 e. The maximum absolute atomic E-state index is 11.8. The van der Waals surface area contributed by atoms with Crippen molar-refractivity contribution < 1.29 is 19.5 Å². The first-order chi connectivity index (χ1) is 12.1. The van der Waals surface area contributed by atoms with Crippen LogP contribution in [0.15, 0.2) is 35.7 Å². The second kappa shape index (κ2) is 9.53. The Morgan fingerprint density at radius 1 is 1.08 bits per heavy atom. The highest BCUT2D eigenvalue weighted by Crippen LogP contribution is 2.09.